The molecule has 3 aliphatic rings. The zero-order chi connectivity index (χ0) is 16.4. The van der Waals surface area contributed by atoms with Crippen molar-refractivity contribution in [3.8, 4) is 0 Å². The van der Waals surface area contributed by atoms with Gasteiger partial charge in [0.1, 0.15) is 5.60 Å². The quantitative estimate of drug-likeness (QED) is 0.739. The minimum Gasteiger partial charge on any atom is -0.550 e. The highest BCUT2D eigenvalue weighted by atomic mass is 79.9. The van der Waals surface area contributed by atoms with E-state index in [1.54, 1.807) is 11.0 Å². The van der Waals surface area contributed by atoms with E-state index in [0.29, 0.717) is 6.54 Å². The summed E-state index contributed by atoms with van der Waals surface area (Å²) in [6.07, 6.45) is 3.06. The number of nitrogens with zero attached hydrogens (tertiary/aromatic N) is 1. The Bertz CT molecular complexity index is 716. The maximum atomic E-state index is 12.9. The van der Waals surface area contributed by atoms with E-state index in [0.717, 1.165) is 10.0 Å². The number of aliphatic carboxylic acids is 1. The summed E-state index contributed by atoms with van der Waals surface area (Å²) < 4.78 is 6.83. The van der Waals surface area contributed by atoms with E-state index in [9.17, 15) is 14.7 Å². The maximum Gasteiger partial charge on any atom is 0.230 e. The Morgan fingerprint density at radius 3 is 2.78 bits per heavy atom. The molecule has 0 unspecified atom stereocenters. The Balaban J connectivity index is 1.66. The lowest BCUT2D eigenvalue weighted by Gasteiger charge is -2.28. The number of carbonyl (C=O) groups excluding carboxylic acids is 2. The van der Waals surface area contributed by atoms with E-state index in [4.69, 9.17) is 4.74 Å². The van der Waals surface area contributed by atoms with Gasteiger partial charge in [0.2, 0.25) is 5.91 Å². The molecule has 120 valence electrons. The molecule has 5 nitrogen and oxygen atoms in total. The molecule has 2 fully saturated rings. The SMILES string of the molecule is C[C@H](c1ccc(Br)cc1)N1C[C@@]23C=C[C@@H](O2)[C@H](C(=O)[O-])[C@@H]3C1=O. The second kappa shape index (κ2) is 4.92. The number of halogens is 1. The molecular weight excluding hydrogens is 362 g/mol. The fraction of sp³-hybridized carbons (Fsp3) is 0.412. The topological polar surface area (TPSA) is 69.7 Å². The van der Waals surface area contributed by atoms with Crippen LogP contribution in [0.25, 0.3) is 0 Å². The van der Waals surface area contributed by atoms with E-state index in [-0.39, 0.29) is 11.9 Å². The van der Waals surface area contributed by atoms with Gasteiger partial charge in [-0.1, -0.05) is 40.2 Å². The summed E-state index contributed by atoms with van der Waals surface area (Å²) in [7, 11) is 0. The maximum absolute atomic E-state index is 12.9. The van der Waals surface area contributed by atoms with Crippen LogP contribution in [-0.2, 0) is 14.3 Å². The molecule has 2 saturated heterocycles. The van der Waals surface area contributed by atoms with Crippen LogP contribution in [0.15, 0.2) is 40.9 Å². The monoisotopic (exact) mass is 376 g/mol. The summed E-state index contributed by atoms with van der Waals surface area (Å²) >= 11 is 3.40. The molecule has 2 bridgehead atoms. The van der Waals surface area contributed by atoms with Crippen molar-refractivity contribution in [2.45, 2.75) is 24.7 Å². The van der Waals surface area contributed by atoms with Gasteiger partial charge in [-0.15, -0.1) is 0 Å². The largest absolute Gasteiger partial charge is 0.550 e. The number of likely N-dealkylation sites (tertiary alicyclic amines) is 1. The summed E-state index contributed by atoms with van der Waals surface area (Å²) in [5.41, 5.74) is 0.192. The zero-order valence-corrected chi connectivity index (χ0v) is 14.0. The second-order valence-corrected chi connectivity index (χ2v) is 7.33. The van der Waals surface area contributed by atoms with Crippen molar-refractivity contribution in [1.82, 2.24) is 4.90 Å². The average Bonchev–Trinajstić information content (AvgIpc) is 3.15. The highest BCUT2D eigenvalue weighted by Gasteiger charge is 2.65. The minimum atomic E-state index is -1.21. The van der Waals surface area contributed by atoms with Crippen LogP contribution in [0.4, 0.5) is 0 Å². The molecule has 0 aliphatic carbocycles. The molecule has 4 rings (SSSR count). The first-order valence-electron chi connectivity index (χ1n) is 7.57. The molecule has 23 heavy (non-hydrogen) atoms. The fourth-order valence-corrected chi connectivity index (χ4v) is 4.31. The third-order valence-electron chi connectivity index (χ3n) is 5.22. The number of carboxylic acids is 1. The molecule has 3 aliphatic heterocycles. The van der Waals surface area contributed by atoms with Gasteiger partial charge in [-0.3, -0.25) is 4.79 Å². The molecular formula is C17H15BrNO4-. The standard InChI is InChI=1S/C17H16BrNO4/c1-9(10-2-4-11(18)5-3-10)19-8-17-7-6-12(23-17)13(16(21)22)14(17)15(19)20/h2-7,9,12-14H,8H2,1H3,(H,21,22)/p-1/t9-,12-,13+,14-,17-/m1/s1. The van der Waals surface area contributed by atoms with Gasteiger partial charge in [-0.2, -0.15) is 0 Å². The number of amides is 1. The molecule has 0 aromatic heterocycles. The van der Waals surface area contributed by atoms with Gasteiger partial charge in [-0.25, -0.2) is 0 Å². The Kier molecular flexibility index (Phi) is 3.19. The van der Waals surface area contributed by atoms with Crippen molar-refractivity contribution in [3.63, 3.8) is 0 Å². The highest BCUT2D eigenvalue weighted by Crippen LogP contribution is 2.53. The predicted molar refractivity (Wildman–Crippen MR) is 83.0 cm³/mol. The van der Waals surface area contributed by atoms with Gasteiger partial charge in [0.15, 0.2) is 0 Å². The van der Waals surface area contributed by atoms with Gasteiger partial charge < -0.3 is 19.5 Å². The third kappa shape index (κ3) is 2.01. The first kappa shape index (κ1) is 14.9. The summed E-state index contributed by atoms with van der Waals surface area (Å²) in [6.45, 7) is 2.33. The van der Waals surface area contributed by atoms with Crippen molar-refractivity contribution in [2.75, 3.05) is 6.54 Å². The molecule has 1 spiro atoms. The summed E-state index contributed by atoms with van der Waals surface area (Å²) in [5.74, 6) is -2.95. The van der Waals surface area contributed by atoms with Crippen LogP contribution in [0, 0.1) is 11.8 Å². The minimum absolute atomic E-state index is 0.144. The van der Waals surface area contributed by atoms with Gasteiger partial charge in [0.05, 0.1) is 24.6 Å². The van der Waals surface area contributed by atoms with Crippen molar-refractivity contribution in [1.29, 1.82) is 0 Å². The predicted octanol–water partition coefficient (Wildman–Crippen LogP) is 1.04. The number of rotatable bonds is 3. The number of ether oxygens (including phenoxy) is 1. The molecule has 6 heteroatoms. The third-order valence-corrected chi connectivity index (χ3v) is 5.75. The van der Waals surface area contributed by atoms with Crippen molar-refractivity contribution < 1.29 is 19.4 Å². The highest BCUT2D eigenvalue weighted by molar-refractivity contribution is 9.10. The number of hydrogen-bond acceptors (Lipinski definition) is 4. The van der Waals surface area contributed by atoms with E-state index in [1.807, 2.05) is 37.3 Å². The Labute approximate surface area is 142 Å². The normalized spacial score (nSPS) is 35.7. The summed E-state index contributed by atoms with van der Waals surface area (Å²) in [6, 6.07) is 7.62. The first-order valence-corrected chi connectivity index (χ1v) is 8.36. The molecule has 5 atom stereocenters. The molecule has 0 N–H and O–H groups in total. The van der Waals surface area contributed by atoms with Crippen LogP contribution >= 0.6 is 15.9 Å². The van der Waals surface area contributed by atoms with Crippen LogP contribution < -0.4 is 5.11 Å². The number of benzene rings is 1. The Morgan fingerprint density at radius 2 is 2.13 bits per heavy atom. The van der Waals surface area contributed by atoms with Crippen LogP contribution in [0.3, 0.4) is 0 Å². The van der Waals surface area contributed by atoms with Crippen LogP contribution in [-0.4, -0.2) is 35.0 Å². The van der Waals surface area contributed by atoms with Crippen molar-refractivity contribution in [3.05, 3.63) is 46.5 Å². The molecule has 3 heterocycles. The lowest BCUT2D eigenvalue weighted by atomic mass is 9.77. The molecule has 1 amide bonds. The number of carbonyl (C=O) groups is 2. The second-order valence-electron chi connectivity index (χ2n) is 6.41. The fourth-order valence-electron chi connectivity index (χ4n) is 4.05. The van der Waals surface area contributed by atoms with Crippen LogP contribution in [0.2, 0.25) is 0 Å². The molecule has 0 radical (unpaired) electrons. The lowest BCUT2D eigenvalue weighted by molar-refractivity contribution is -0.313. The van der Waals surface area contributed by atoms with Crippen LogP contribution in [0.1, 0.15) is 18.5 Å². The van der Waals surface area contributed by atoms with E-state index >= 15 is 0 Å². The van der Waals surface area contributed by atoms with Gasteiger partial charge >= 0.3 is 0 Å². The van der Waals surface area contributed by atoms with Gasteiger partial charge in [-0.05, 0) is 24.6 Å². The number of hydrogen-bond donors (Lipinski definition) is 0. The average molecular weight is 377 g/mol. The van der Waals surface area contributed by atoms with E-state index in [1.165, 1.54) is 0 Å². The van der Waals surface area contributed by atoms with Crippen LogP contribution in [0.5, 0.6) is 0 Å². The number of fused-ring (bicyclic) bond motifs is 1. The Hall–Kier alpha value is -1.66. The molecule has 1 aromatic carbocycles. The molecule has 1 aromatic rings. The van der Waals surface area contributed by atoms with Gasteiger partial charge in [0, 0.05) is 16.4 Å². The summed E-state index contributed by atoms with van der Waals surface area (Å²) in [5, 5.41) is 11.5. The zero-order valence-electron chi connectivity index (χ0n) is 12.4. The lowest BCUT2D eigenvalue weighted by Crippen LogP contribution is -2.45. The van der Waals surface area contributed by atoms with E-state index < -0.39 is 29.5 Å². The number of carboxylic acid groups (broad SMARTS) is 1. The van der Waals surface area contributed by atoms with E-state index in [2.05, 4.69) is 15.9 Å². The molecule has 0 saturated carbocycles. The Morgan fingerprint density at radius 1 is 1.43 bits per heavy atom. The first-order chi connectivity index (χ1) is 10.9. The van der Waals surface area contributed by atoms with Crippen molar-refractivity contribution in [2.24, 2.45) is 11.8 Å². The van der Waals surface area contributed by atoms with Crippen molar-refractivity contribution >= 4 is 27.8 Å². The smallest absolute Gasteiger partial charge is 0.230 e. The summed E-state index contributed by atoms with van der Waals surface area (Å²) in [4.78, 5) is 26.1. The van der Waals surface area contributed by atoms with Gasteiger partial charge in [0.25, 0.3) is 0 Å².